The van der Waals surface area contributed by atoms with Gasteiger partial charge in [0.15, 0.2) is 0 Å². The lowest BCUT2D eigenvalue weighted by Gasteiger charge is -2.11. The van der Waals surface area contributed by atoms with Gasteiger partial charge in [-0.25, -0.2) is 9.18 Å². The third-order valence-corrected chi connectivity index (χ3v) is 5.35. The van der Waals surface area contributed by atoms with E-state index < -0.39 is 23.6 Å². The van der Waals surface area contributed by atoms with Crippen LogP contribution in [-0.2, 0) is 4.84 Å². The molecule has 3 aromatic rings. The van der Waals surface area contributed by atoms with Gasteiger partial charge in [0, 0.05) is 10.1 Å². The highest BCUT2D eigenvalue weighted by Gasteiger charge is 2.39. The number of hydroxylamine groups is 2. The van der Waals surface area contributed by atoms with Crippen LogP contribution in [0.25, 0.3) is 10.1 Å². The largest absolute Gasteiger partial charge is 0.375 e. The Kier molecular flexibility index (Phi) is 3.55. The van der Waals surface area contributed by atoms with E-state index in [2.05, 4.69) is 0 Å². The minimum absolute atomic E-state index is 0.0150. The van der Waals surface area contributed by atoms with E-state index in [0.717, 1.165) is 11.3 Å². The van der Waals surface area contributed by atoms with E-state index in [0.29, 0.717) is 15.1 Å². The molecule has 2 amide bonds. The quantitative estimate of drug-likeness (QED) is 0.633. The molecule has 0 saturated heterocycles. The second kappa shape index (κ2) is 5.65. The monoisotopic (exact) mass is 375 g/mol. The maximum Gasteiger partial charge on any atom is 0.375 e. The molecule has 1 aliphatic rings. The highest BCUT2D eigenvalue weighted by molar-refractivity contribution is 7.21. The molecule has 124 valence electrons. The summed E-state index contributed by atoms with van der Waals surface area (Å²) in [6.45, 7) is 0. The first kappa shape index (κ1) is 15.7. The normalized spacial score (nSPS) is 13.4. The topological polar surface area (TPSA) is 63.7 Å². The first-order chi connectivity index (χ1) is 12.0. The number of amides is 2. The van der Waals surface area contributed by atoms with Gasteiger partial charge in [-0.1, -0.05) is 28.8 Å². The van der Waals surface area contributed by atoms with E-state index in [4.69, 9.17) is 16.4 Å². The van der Waals surface area contributed by atoms with Crippen molar-refractivity contribution < 1.29 is 23.6 Å². The molecule has 0 unspecified atom stereocenters. The lowest BCUT2D eigenvalue weighted by molar-refractivity contribution is -0.0581. The molecule has 0 bridgehead atoms. The number of carbonyl (C=O) groups excluding carboxylic acids is 3. The van der Waals surface area contributed by atoms with Gasteiger partial charge in [0.05, 0.1) is 16.1 Å². The molecular formula is C17H7ClFNO4S. The van der Waals surface area contributed by atoms with Crippen LogP contribution in [0.15, 0.2) is 42.5 Å². The van der Waals surface area contributed by atoms with Crippen molar-refractivity contribution in [3.05, 3.63) is 69.3 Å². The van der Waals surface area contributed by atoms with Crippen molar-refractivity contribution in [2.75, 3.05) is 0 Å². The summed E-state index contributed by atoms with van der Waals surface area (Å²) < 4.78 is 13.8. The Morgan fingerprint density at radius 2 is 1.72 bits per heavy atom. The SMILES string of the molecule is O=C(ON1C(=O)c2ccccc2C1=O)c1sc2cc(F)ccc2c1Cl. The molecule has 1 aromatic heterocycles. The van der Waals surface area contributed by atoms with Crippen molar-refractivity contribution in [1.29, 1.82) is 0 Å². The Morgan fingerprint density at radius 3 is 2.36 bits per heavy atom. The number of carbonyl (C=O) groups is 3. The van der Waals surface area contributed by atoms with Crippen LogP contribution in [0.4, 0.5) is 4.39 Å². The van der Waals surface area contributed by atoms with Gasteiger partial charge in [0.2, 0.25) is 0 Å². The molecule has 1 aliphatic heterocycles. The number of fused-ring (bicyclic) bond motifs is 2. The Hall–Kier alpha value is -2.77. The predicted molar refractivity (Wildman–Crippen MR) is 89.2 cm³/mol. The number of halogens is 2. The van der Waals surface area contributed by atoms with Crippen LogP contribution in [0.1, 0.15) is 30.4 Å². The summed E-state index contributed by atoms with van der Waals surface area (Å²) >= 11 is 7.07. The maximum atomic E-state index is 13.3. The number of rotatable bonds is 2. The molecule has 0 atom stereocenters. The van der Waals surface area contributed by atoms with Gasteiger partial charge in [0.1, 0.15) is 10.7 Å². The van der Waals surface area contributed by atoms with Crippen LogP contribution in [0.5, 0.6) is 0 Å². The first-order valence-electron chi connectivity index (χ1n) is 7.05. The Balaban J connectivity index is 1.67. The minimum Gasteiger partial charge on any atom is -0.323 e. The first-order valence-corrected chi connectivity index (χ1v) is 8.24. The smallest absolute Gasteiger partial charge is 0.323 e. The molecule has 2 aromatic carbocycles. The fourth-order valence-corrected chi connectivity index (χ4v) is 3.95. The zero-order chi connectivity index (χ0) is 17.7. The van der Waals surface area contributed by atoms with Crippen molar-refractivity contribution in [3.8, 4) is 0 Å². The van der Waals surface area contributed by atoms with Crippen LogP contribution in [0.3, 0.4) is 0 Å². The van der Waals surface area contributed by atoms with Crippen LogP contribution in [0.2, 0.25) is 5.02 Å². The number of thiophene rings is 1. The van der Waals surface area contributed by atoms with Crippen LogP contribution in [-0.4, -0.2) is 22.8 Å². The molecule has 25 heavy (non-hydrogen) atoms. The molecular weight excluding hydrogens is 369 g/mol. The molecule has 0 N–H and O–H groups in total. The summed E-state index contributed by atoms with van der Waals surface area (Å²) in [5, 5.41) is 0.984. The van der Waals surface area contributed by atoms with E-state index >= 15 is 0 Å². The molecule has 5 nitrogen and oxygen atoms in total. The number of hydrogen-bond acceptors (Lipinski definition) is 5. The van der Waals surface area contributed by atoms with Gasteiger partial charge in [0.25, 0.3) is 11.8 Å². The summed E-state index contributed by atoms with van der Waals surface area (Å²) in [4.78, 5) is 41.8. The van der Waals surface area contributed by atoms with Gasteiger partial charge in [-0.05, 0) is 30.3 Å². The average molecular weight is 376 g/mol. The number of imide groups is 1. The highest BCUT2D eigenvalue weighted by atomic mass is 35.5. The predicted octanol–water partition coefficient (Wildman–Crippen LogP) is 4.06. The molecule has 4 rings (SSSR count). The summed E-state index contributed by atoms with van der Waals surface area (Å²) in [5.41, 5.74) is 0.314. The van der Waals surface area contributed by atoms with Gasteiger partial charge < -0.3 is 4.84 Å². The van der Waals surface area contributed by atoms with E-state index in [9.17, 15) is 18.8 Å². The van der Waals surface area contributed by atoms with Crippen molar-refractivity contribution in [2.24, 2.45) is 0 Å². The summed E-state index contributed by atoms with van der Waals surface area (Å²) in [5.74, 6) is -2.87. The number of nitrogens with zero attached hydrogens (tertiary/aromatic N) is 1. The van der Waals surface area contributed by atoms with E-state index in [1.807, 2.05) is 0 Å². The zero-order valence-corrected chi connectivity index (χ0v) is 13.9. The van der Waals surface area contributed by atoms with Crippen molar-refractivity contribution >= 4 is 50.8 Å². The van der Waals surface area contributed by atoms with Gasteiger partial charge >= 0.3 is 5.97 Å². The fourth-order valence-electron chi connectivity index (χ4n) is 2.54. The maximum absolute atomic E-state index is 13.3. The molecule has 0 saturated carbocycles. The third-order valence-electron chi connectivity index (χ3n) is 3.71. The lowest BCUT2D eigenvalue weighted by atomic mass is 10.1. The summed E-state index contributed by atoms with van der Waals surface area (Å²) in [7, 11) is 0. The van der Waals surface area contributed by atoms with Gasteiger partial charge in [-0.3, -0.25) is 9.59 Å². The number of benzene rings is 2. The lowest BCUT2D eigenvalue weighted by Crippen LogP contribution is -2.32. The summed E-state index contributed by atoms with van der Waals surface area (Å²) in [6.07, 6.45) is 0. The third kappa shape index (κ3) is 2.40. The van der Waals surface area contributed by atoms with E-state index in [-0.39, 0.29) is 21.0 Å². The fraction of sp³-hybridized carbons (Fsp3) is 0. The Morgan fingerprint density at radius 1 is 1.08 bits per heavy atom. The van der Waals surface area contributed by atoms with E-state index in [1.54, 1.807) is 12.1 Å². The van der Waals surface area contributed by atoms with Crippen LogP contribution >= 0.6 is 22.9 Å². The second-order valence-electron chi connectivity index (χ2n) is 5.21. The molecule has 8 heteroatoms. The molecule has 0 spiro atoms. The molecule has 2 heterocycles. The van der Waals surface area contributed by atoms with E-state index in [1.165, 1.54) is 30.3 Å². The molecule has 0 aliphatic carbocycles. The Labute approximate surface area is 149 Å². The highest BCUT2D eigenvalue weighted by Crippen LogP contribution is 2.36. The molecule has 0 radical (unpaired) electrons. The van der Waals surface area contributed by atoms with Crippen molar-refractivity contribution in [1.82, 2.24) is 5.06 Å². The zero-order valence-electron chi connectivity index (χ0n) is 12.3. The number of hydrogen-bond donors (Lipinski definition) is 0. The average Bonchev–Trinajstić information content (AvgIpc) is 3.05. The molecule has 0 fully saturated rings. The van der Waals surface area contributed by atoms with Crippen LogP contribution in [0, 0.1) is 5.82 Å². The van der Waals surface area contributed by atoms with Crippen molar-refractivity contribution in [3.63, 3.8) is 0 Å². The standard InChI is InChI=1S/C17H7ClFNO4S/c18-13-11-6-5-8(19)7-12(11)25-14(13)17(23)24-20-15(21)9-3-1-2-4-10(9)16(20)22/h1-7H. The summed E-state index contributed by atoms with van der Waals surface area (Å²) in [6, 6.07) is 10.1. The van der Waals surface area contributed by atoms with Crippen LogP contribution < -0.4 is 0 Å². The van der Waals surface area contributed by atoms with Gasteiger partial charge in [-0.15, -0.1) is 11.3 Å². The Bertz CT molecular complexity index is 1040. The minimum atomic E-state index is -0.957. The van der Waals surface area contributed by atoms with Crippen molar-refractivity contribution in [2.45, 2.75) is 0 Å². The van der Waals surface area contributed by atoms with Gasteiger partial charge in [-0.2, -0.15) is 0 Å². The second-order valence-corrected chi connectivity index (χ2v) is 6.64.